The number of hydrogen-bond acceptors (Lipinski definition) is 6. The fourth-order valence-electron chi connectivity index (χ4n) is 4.53. The Morgan fingerprint density at radius 1 is 1.00 bits per heavy atom. The Balaban J connectivity index is 1.10. The quantitative estimate of drug-likeness (QED) is 0.435. The number of aliphatic hydroxyl groups is 1. The lowest BCUT2D eigenvalue weighted by molar-refractivity contribution is -0.102. The number of rotatable bonds is 8. The van der Waals surface area contributed by atoms with Crippen molar-refractivity contribution in [2.24, 2.45) is 0 Å². The summed E-state index contributed by atoms with van der Waals surface area (Å²) >= 11 is 11.8. The van der Waals surface area contributed by atoms with Gasteiger partial charge in [-0.3, -0.25) is 5.32 Å². The van der Waals surface area contributed by atoms with E-state index in [0.717, 1.165) is 30.6 Å². The highest BCUT2D eigenvalue weighted by atomic mass is 35.5. The van der Waals surface area contributed by atoms with Gasteiger partial charge in [-0.1, -0.05) is 28.4 Å². The van der Waals surface area contributed by atoms with Gasteiger partial charge < -0.3 is 19.7 Å². The molecule has 1 aromatic heterocycles. The van der Waals surface area contributed by atoms with Crippen LogP contribution < -0.4 is 15.4 Å². The molecule has 2 aromatic carbocycles. The van der Waals surface area contributed by atoms with Gasteiger partial charge in [0.05, 0.1) is 0 Å². The van der Waals surface area contributed by atoms with Crippen molar-refractivity contribution < 1.29 is 14.4 Å². The van der Waals surface area contributed by atoms with Crippen LogP contribution in [0, 0.1) is 0 Å². The van der Waals surface area contributed by atoms with Crippen molar-refractivity contribution in [1.29, 1.82) is 0 Å². The van der Waals surface area contributed by atoms with E-state index in [-0.39, 0.29) is 17.7 Å². The van der Waals surface area contributed by atoms with Gasteiger partial charge in [-0.05, 0) is 67.8 Å². The molecule has 0 saturated heterocycles. The zero-order chi connectivity index (χ0) is 20.8. The number of hydrogen-bond donors (Lipinski definition) is 3. The summed E-state index contributed by atoms with van der Waals surface area (Å²) in [6, 6.07) is 16.4. The van der Waals surface area contributed by atoms with E-state index in [9.17, 15) is 5.11 Å². The number of halogens is 2. The molecule has 0 amide bonds. The maximum absolute atomic E-state index is 10.3. The van der Waals surface area contributed by atoms with Crippen LogP contribution in [-0.2, 0) is 0 Å². The molecule has 8 heteroatoms. The molecule has 0 radical (unpaired) electrons. The second kappa shape index (κ2) is 7.46. The van der Waals surface area contributed by atoms with Crippen LogP contribution in [0.5, 0.6) is 5.75 Å². The summed E-state index contributed by atoms with van der Waals surface area (Å²) in [5.41, 5.74) is 0.899. The summed E-state index contributed by atoms with van der Waals surface area (Å²) in [6.07, 6.45) is 2.02. The number of benzene rings is 2. The summed E-state index contributed by atoms with van der Waals surface area (Å²) in [4.78, 5) is 0. The van der Waals surface area contributed by atoms with Crippen molar-refractivity contribution in [3.8, 4) is 17.1 Å². The molecule has 156 valence electrons. The summed E-state index contributed by atoms with van der Waals surface area (Å²) < 4.78 is 11.1. The van der Waals surface area contributed by atoms with Crippen LogP contribution in [0.25, 0.3) is 11.3 Å². The Morgan fingerprint density at radius 2 is 1.63 bits per heavy atom. The zero-order valence-corrected chi connectivity index (χ0v) is 17.6. The number of aliphatic hydroxyl groups excluding tert-OH is 1. The molecule has 3 aromatic rings. The molecule has 1 unspecified atom stereocenters. The molecule has 1 atom stereocenters. The number of nitrogens with one attached hydrogen (secondary N) is 2. The van der Waals surface area contributed by atoms with Crippen LogP contribution in [-0.4, -0.2) is 34.2 Å². The smallest absolute Gasteiger partial charge is 0.170 e. The topological polar surface area (TPSA) is 79.5 Å². The van der Waals surface area contributed by atoms with Gasteiger partial charge >= 0.3 is 0 Å². The Kier molecular flexibility index (Phi) is 4.90. The lowest BCUT2D eigenvalue weighted by atomic mass is 9.44. The third kappa shape index (κ3) is 3.88. The van der Waals surface area contributed by atoms with Crippen molar-refractivity contribution in [1.82, 2.24) is 10.5 Å². The Morgan fingerprint density at radius 3 is 2.30 bits per heavy atom. The van der Waals surface area contributed by atoms with Gasteiger partial charge in [-0.15, -0.1) is 0 Å². The van der Waals surface area contributed by atoms with E-state index in [1.807, 2.05) is 30.3 Å². The first-order valence-corrected chi connectivity index (χ1v) is 10.5. The summed E-state index contributed by atoms with van der Waals surface area (Å²) in [6.45, 7) is 0.178. The van der Waals surface area contributed by atoms with Gasteiger partial charge in [0, 0.05) is 32.8 Å². The molecule has 6 rings (SSSR count). The highest BCUT2D eigenvalue weighted by Gasteiger charge is 2.68. The van der Waals surface area contributed by atoms with Crippen molar-refractivity contribution >= 4 is 29.0 Å². The van der Waals surface area contributed by atoms with Crippen LogP contribution in [0.2, 0.25) is 10.0 Å². The molecular weight excluding hydrogens is 425 g/mol. The maximum atomic E-state index is 10.3. The molecule has 2 bridgehead atoms. The Hall–Kier alpha value is -2.25. The second-order valence-corrected chi connectivity index (χ2v) is 9.10. The molecule has 0 aliphatic heterocycles. The normalized spacial score (nSPS) is 25.2. The minimum Gasteiger partial charge on any atom is -0.489 e. The molecular formula is C22H21Cl2N3O3. The third-order valence-electron chi connectivity index (χ3n) is 5.76. The number of aromatic nitrogens is 1. The van der Waals surface area contributed by atoms with Crippen molar-refractivity contribution in [3.63, 3.8) is 0 Å². The van der Waals surface area contributed by atoms with Gasteiger partial charge in [-0.2, -0.15) is 0 Å². The van der Waals surface area contributed by atoms with E-state index >= 15 is 0 Å². The minimum atomic E-state index is -0.734. The van der Waals surface area contributed by atoms with Crippen LogP contribution in [0.4, 0.5) is 5.82 Å². The molecule has 0 spiro atoms. The fourth-order valence-corrected chi connectivity index (χ4v) is 4.78. The van der Waals surface area contributed by atoms with Gasteiger partial charge in [0.15, 0.2) is 11.6 Å². The van der Waals surface area contributed by atoms with E-state index in [2.05, 4.69) is 15.8 Å². The van der Waals surface area contributed by atoms with Crippen LogP contribution >= 0.6 is 23.2 Å². The predicted molar refractivity (Wildman–Crippen MR) is 116 cm³/mol. The molecule has 6 nitrogen and oxygen atoms in total. The van der Waals surface area contributed by atoms with Gasteiger partial charge in [-0.25, -0.2) is 0 Å². The fraction of sp³-hybridized carbons (Fsp3) is 0.318. The highest BCUT2D eigenvalue weighted by Crippen LogP contribution is 2.61. The summed E-state index contributed by atoms with van der Waals surface area (Å²) in [7, 11) is 0. The first-order valence-electron chi connectivity index (χ1n) is 9.78. The summed E-state index contributed by atoms with van der Waals surface area (Å²) in [5.74, 6) is 2.10. The zero-order valence-electron chi connectivity index (χ0n) is 16.1. The van der Waals surface area contributed by atoms with E-state index < -0.39 is 6.23 Å². The second-order valence-electron chi connectivity index (χ2n) is 8.22. The SMILES string of the molecule is OC(COc1ccc(Cl)cc1)NC12CC(Nc3cc(-c4ccc(Cl)cc4)on3)(C1)C2. The van der Waals surface area contributed by atoms with E-state index in [1.165, 1.54) is 0 Å². The molecule has 3 saturated carbocycles. The van der Waals surface area contributed by atoms with Crippen molar-refractivity contribution in [3.05, 3.63) is 64.6 Å². The van der Waals surface area contributed by atoms with Crippen molar-refractivity contribution in [2.75, 3.05) is 11.9 Å². The Bertz CT molecular complexity index is 1020. The average Bonchev–Trinajstić information content (AvgIpc) is 3.14. The molecule has 1 heterocycles. The van der Waals surface area contributed by atoms with Crippen LogP contribution in [0.1, 0.15) is 19.3 Å². The molecule has 3 aliphatic rings. The number of nitrogens with zero attached hydrogens (tertiary/aromatic N) is 1. The monoisotopic (exact) mass is 445 g/mol. The van der Waals surface area contributed by atoms with E-state index in [1.54, 1.807) is 24.3 Å². The van der Waals surface area contributed by atoms with Crippen LogP contribution in [0.3, 0.4) is 0 Å². The average molecular weight is 446 g/mol. The Labute approximate surface area is 184 Å². The molecule has 3 aliphatic carbocycles. The van der Waals surface area contributed by atoms with Crippen molar-refractivity contribution in [2.45, 2.75) is 36.6 Å². The van der Waals surface area contributed by atoms with Gasteiger partial charge in [0.2, 0.25) is 0 Å². The maximum Gasteiger partial charge on any atom is 0.170 e. The van der Waals surface area contributed by atoms with Gasteiger partial charge in [0.25, 0.3) is 0 Å². The standard InChI is InChI=1S/C22H21Cl2N3O3/c23-15-3-1-14(2-4-15)18-9-19(27-30-18)25-21-11-22(12-21,13-21)26-20(28)10-29-17-7-5-16(24)6-8-17/h1-9,20,26,28H,10-13H2,(H,25,27). The highest BCUT2D eigenvalue weighted by molar-refractivity contribution is 6.30. The lowest BCUT2D eigenvalue weighted by Crippen LogP contribution is -2.82. The number of ether oxygens (including phenoxy) is 1. The van der Waals surface area contributed by atoms with E-state index in [0.29, 0.717) is 21.6 Å². The first kappa shape index (κ1) is 19.7. The largest absolute Gasteiger partial charge is 0.489 e. The summed E-state index contributed by atoms with van der Waals surface area (Å²) in [5, 5.41) is 22.6. The minimum absolute atomic E-state index is 0.0118. The van der Waals surface area contributed by atoms with Crippen LogP contribution in [0.15, 0.2) is 59.1 Å². The predicted octanol–water partition coefficient (Wildman–Crippen LogP) is 4.72. The third-order valence-corrected chi connectivity index (χ3v) is 6.26. The lowest BCUT2D eigenvalue weighted by Gasteiger charge is -2.71. The molecule has 30 heavy (non-hydrogen) atoms. The first-order chi connectivity index (χ1) is 14.4. The number of anilines is 1. The molecule has 3 N–H and O–H groups in total. The van der Waals surface area contributed by atoms with E-state index in [4.69, 9.17) is 32.5 Å². The molecule has 3 fully saturated rings. The van der Waals surface area contributed by atoms with Gasteiger partial charge in [0.1, 0.15) is 18.6 Å².